The lowest BCUT2D eigenvalue weighted by Gasteiger charge is -2.06. The fraction of sp³-hybridized carbons (Fsp3) is 0.0800. The number of aryl methyl sites for hydroxylation is 2. The minimum absolute atomic E-state index is 0.289. The van der Waals surface area contributed by atoms with Crippen LogP contribution in [0.1, 0.15) is 5.56 Å². The van der Waals surface area contributed by atoms with Crippen LogP contribution in [0.4, 0.5) is 4.39 Å². The van der Waals surface area contributed by atoms with Gasteiger partial charge < -0.3 is 4.42 Å². The zero-order valence-electron chi connectivity index (χ0n) is 16.1. The maximum Gasteiger partial charge on any atom is 0.294 e. The van der Waals surface area contributed by atoms with Crippen LogP contribution < -0.4 is 4.57 Å². The van der Waals surface area contributed by atoms with Gasteiger partial charge >= 0.3 is 0 Å². The third kappa shape index (κ3) is 2.20. The van der Waals surface area contributed by atoms with E-state index in [-0.39, 0.29) is 5.82 Å². The predicted molar refractivity (Wildman–Crippen MR) is 114 cm³/mol. The second kappa shape index (κ2) is 5.67. The quantitative estimate of drug-likeness (QED) is 0.322. The molecule has 0 amide bonds. The van der Waals surface area contributed by atoms with Gasteiger partial charge in [-0.2, -0.15) is 4.57 Å². The maximum atomic E-state index is 13.7. The highest BCUT2D eigenvalue weighted by Crippen LogP contribution is 2.36. The zero-order chi connectivity index (χ0) is 19.7. The van der Waals surface area contributed by atoms with Gasteiger partial charge in [-0.15, -0.1) is 0 Å². The van der Waals surface area contributed by atoms with Crippen molar-refractivity contribution in [1.29, 1.82) is 0 Å². The number of hydrogen-bond donors (Lipinski definition) is 0. The molecule has 0 bridgehead atoms. The molecular weight excluding hydrogens is 363 g/mol. The van der Waals surface area contributed by atoms with Gasteiger partial charge in [-0.3, -0.25) is 0 Å². The topological polar surface area (TPSA) is 21.9 Å². The van der Waals surface area contributed by atoms with Gasteiger partial charge in [-0.25, -0.2) is 8.96 Å². The van der Waals surface area contributed by atoms with Crippen molar-refractivity contribution in [3.05, 3.63) is 84.3 Å². The summed E-state index contributed by atoms with van der Waals surface area (Å²) < 4.78 is 24.1. The molecule has 0 saturated heterocycles. The summed E-state index contributed by atoms with van der Waals surface area (Å²) in [7, 11) is 2.07. The predicted octanol–water partition coefficient (Wildman–Crippen LogP) is 5.96. The Hall–Kier alpha value is -3.66. The van der Waals surface area contributed by atoms with Crippen molar-refractivity contribution in [1.82, 2.24) is 4.57 Å². The summed E-state index contributed by atoms with van der Waals surface area (Å²) in [6.45, 7) is 2.09. The number of furan rings is 1. The molecule has 0 aliphatic rings. The first kappa shape index (κ1) is 16.3. The van der Waals surface area contributed by atoms with Crippen molar-refractivity contribution in [2.45, 2.75) is 6.92 Å². The summed E-state index contributed by atoms with van der Waals surface area (Å²) in [5.41, 5.74) is 5.84. The van der Waals surface area contributed by atoms with Gasteiger partial charge in [0.05, 0.1) is 18.6 Å². The number of nitrogens with zero attached hydrogens (tertiary/aromatic N) is 2. The van der Waals surface area contributed by atoms with Crippen LogP contribution in [0, 0.1) is 12.7 Å². The summed E-state index contributed by atoms with van der Waals surface area (Å²) in [6, 6.07) is 21.6. The second-order valence-corrected chi connectivity index (χ2v) is 7.59. The Labute approximate surface area is 166 Å². The number of fused-ring (bicyclic) bond motifs is 6. The van der Waals surface area contributed by atoms with Gasteiger partial charge in [-0.05, 0) is 55.5 Å². The standard InChI is InChI=1S/C25H18FN2O/c1-15-12-23-20(18-10-9-16(26)13-24(18)29-23)14-22(15)28-21-8-4-3-6-17(21)19-7-5-11-27(2)25(19)28/h3-14H,1-2H3/q+1. The molecule has 3 aromatic carbocycles. The van der Waals surface area contributed by atoms with Gasteiger partial charge in [0, 0.05) is 27.8 Å². The SMILES string of the molecule is Cc1cc2oc3cc(F)ccc3c2cc1-n1c2ccccc2c2ccc[n+](C)c21. The number of halogens is 1. The third-order valence-corrected chi connectivity index (χ3v) is 5.79. The third-order valence-electron chi connectivity index (χ3n) is 5.79. The van der Waals surface area contributed by atoms with Gasteiger partial charge in [0.1, 0.15) is 28.2 Å². The summed E-state index contributed by atoms with van der Waals surface area (Å²) in [6.07, 6.45) is 2.07. The molecule has 6 aromatic rings. The number of hydrogen-bond acceptors (Lipinski definition) is 1. The maximum absolute atomic E-state index is 13.7. The van der Waals surface area contributed by atoms with Crippen molar-refractivity contribution >= 4 is 43.9 Å². The Bertz CT molecular complexity index is 1590. The first-order valence-corrected chi connectivity index (χ1v) is 9.62. The molecule has 0 atom stereocenters. The Kier molecular flexibility index (Phi) is 3.19. The van der Waals surface area contributed by atoms with Crippen molar-refractivity contribution in [2.24, 2.45) is 7.05 Å². The molecule has 3 aromatic heterocycles. The molecule has 0 radical (unpaired) electrons. The van der Waals surface area contributed by atoms with Crippen LogP contribution in [-0.4, -0.2) is 4.57 Å². The van der Waals surface area contributed by atoms with Gasteiger partial charge in [-0.1, -0.05) is 12.1 Å². The van der Waals surface area contributed by atoms with E-state index in [1.807, 2.05) is 6.07 Å². The summed E-state index contributed by atoms with van der Waals surface area (Å²) in [5, 5.41) is 4.35. The van der Waals surface area contributed by atoms with Crippen molar-refractivity contribution in [3.63, 3.8) is 0 Å². The zero-order valence-corrected chi connectivity index (χ0v) is 16.1. The molecule has 0 fully saturated rings. The van der Waals surface area contributed by atoms with Crippen LogP contribution in [0.25, 0.3) is 49.6 Å². The summed E-state index contributed by atoms with van der Waals surface area (Å²) in [4.78, 5) is 0. The van der Waals surface area contributed by atoms with Crippen LogP contribution in [0.2, 0.25) is 0 Å². The fourth-order valence-corrected chi connectivity index (χ4v) is 4.47. The number of para-hydroxylation sites is 1. The van der Waals surface area contributed by atoms with E-state index >= 15 is 0 Å². The van der Waals surface area contributed by atoms with Crippen LogP contribution >= 0.6 is 0 Å². The summed E-state index contributed by atoms with van der Waals surface area (Å²) >= 11 is 0. The second-order valence-electron chi connectivity index (χ2n) is 7.59. The minimum atomic E-state index is -0.289. The van der Waals surface area contributed by atoms with E-state index in [0.717, 1.165) is 38.8 Å². The van der Waals surface area contributed by atoms with E-state index in [0.29, 0.717) is 5.58 Å². The molecule has 0 aliphatic heterocycles. The first-order chi connectivity index (χ1) is 14.1. The summed E-state index contributed by atoms with van der Waals surface area (Å²) in [5.74, 6) is -0.289. The molecule has 4 heteroatoms. The highest BCUT2D eigenvalue weighted by molar-refractivity contribution is 6.09. The first-order valence-electron chi connectivity index (χ1n) is 9.62. The molecule has 0 aliphatic carbocycles. The van der Waals surface area contributed by atoms with Crippen LogP contribution in [0.15, 0.2) is 77.3 Å². The molecular formula is C25H18FN2O+. The van der Waals surface area contributed by atoms with Crippen molar-refractivity contribution in [3.8, 4) is 5.69 Å². The molecule has 0 unspecified atom stereocenters. The van der Waals surface area contributed by atoms with Crippen LogP contribution in [0.3, 0.4) is 0 Å². The Morgan fingerprint density at radius 3 is 2.52 bits per heavy atom. The minimum Gasteiger partial charge on any atom is -0.456 e. The molecule has 0 saturated carbocycles. The molecule has 0 N–H and O–H groups in total. The number of rotatable bonds is 1. The van der Waals surface area contributed by atoms with Gasteiger partial charge in [0.25, 0.3) is 5.65 Å². The normalized spacial score (nSPS) is 12.0. The van der Waals surface area contributed by atoms with Crippen LogP contribution in [-0.2, 0) is 7.05 Å². The number of pyridine rings is 1. The lowest BCUT2D eigenvalue weighted by atomic mass is 10.1. The molecule has 3 heterocycles. The molecule has 6 rings (SSSR count). The lowest BCUT2D eigenvalue weighted by Crippen LogP contribution is -2.30. The Balaban J connectivity index is 1.79. The average molecular weight is 381 g/mol. The van der Waals surface area contributed by atoms with E-state index in [2.05, 4.69) is 71.8 Å². The van der Waals surface area contributed by atoms with E-state index in [9.17, 15) is 4.39 Å². The number of aromatic nitrogens is 2. The highest BCUT2D eigenvalue weighted by Gasteiger charge is 2.23. The monoisotopic (exact) mass is 381 g/mol. The van der Waals surface area contributed by atoms with Crippen LogP contribution in [0.5, 0.6) is 0 Å². The smallest absolute Gasteiger partial charge is 0.294 e. The molecule has 3 nitrogen and oxygen atoms in total. The fourth-order valence-electron chi connectivity index (χ4n) is 4.47. The molecule has 29 heavy (non-hydrogen) atoms. The van der Waals surface area contributed by atoms with Gasteiger partial charge in [0.2, 0.25) is 0 Å². The molecule has 140 valence electrons. The Morgan fingerprint density at radius 2 is 1.62 bits per heavy atom. The highest BCUT2D eigenvalue weighted by atomic mass is 19.1. The van der Waals surface area contributed by atoms with E-state index in [1.165, 1.54) is 22.9 Å². The largest absolute Gasteiger partial charge is 0.456 e. The van der Waals surface area contributed by atoms with Crippen molar-refractivity contribution < 1.29 is 13.4 Å². The average Bonchev–Trinajstić information content (AvgIpc) is 3.23. The lowest BCUT2D eigenvalue weighted by molar-refractivity contribution is -0.647. The van der Waals surface area contributed by atoms with Crippen molar-refractivity contribution in [2.75, 3.05) is 0 Å². The van der Waals surface area contributed by atoms with E-state index in [1.54, 1.807) is 6.07 Å². The molecule has 0 spiro atoms. The van der Waals surface area contributed by atoms with E-state index < -0.39 is 0 Å². The van der Waals surface area contributed by atoms with E-state index in [4.69, 9.17) is 4.42 Å². The number of benzene rings is 3. The Morgan fingerprint density at radius 1 is 0.828 bits per heavy atom. The van der Waals surface area contributed by atoms with Gasteiger partial charge in [0.15, 0.2) is 0 Å².